The van der Waals surface area contributed by atoms with Crippen molar-refractivity contribution in [2.75, 3.05) is 0 Å². The number of imidazole rings is 1. The average molecular weight is 283 g/mol. The van der Waals surface area contributed by atoms with Crippen molar-refractivity contribution in [3.05, 3.63) is 52.3 Å². The minimum absolute atomic E-state index is 0.101. The number of nitrogens with zero attached hydrogens (tertiary/aromatic N) is 1. The molecule has 0 atom stereocenters. The summed E-state index contributed by atoms with van der Waals surface area (Å²) in [4.78, 5) is 18.6. The standard InChI is InChI=1S/C11H8BrFN2O/c12-8-5-7(1-2-9(8)13)10(16)6-11-14-3-4-15-11/h1-5H,6H2,(H,14,15). The van der Waals surface area contributed by atoms with Crippen molar-refractivity contribution >= 4 is 21.7 Å². The summed E-state index contributed by atoms with van der Waals surface area (Å²) in [7, 11) is 0. The number of aromatic amines is 1. The fourth-order valence-electron chi connectivity index (χ4n) is 1.32. The first kappa shape index (κ1) is 11.0. The van der Waals surface area contributed by atoms with Gasteiger partial charge in [0, 0.05) is 18.0 Å². The van der Waals surface area contributed by atoms with Gasteiger partial charge in [0.25, 0.3) is 0 Å². The summed E-state index contributed by atoms with van der Waals surface area (Å²) in [5.41, 5.74) is 0.463. The Hall–Kier alpha value is -1.49. The molecule has 0 spiro atoms. The van der Waals surface area contributed by atoms with Gasteiger partial charge < -0.3 is 4.98 Å². The van der Waals surface area contributed by atoms with Gasteiger partial charge in [0.2, 0.25) is 0 Å². The van der Waals surface area contributed by atoms with Crippen LogP contribution in [0.2, 0.25) is 0 Å². The molecule has 0 bridgehead atoms. The first-order valence-electron chi connectivity index (χ1n) is 4.63. The van der Waals surface area contributed by atoms with Gasteiger partial charge in [0.15, 0.2) is 5.78 Å². The van der Waals surface area contributed by atoms with Gasteiger partial charge in [-0.25, -0.2) is 9.37 Å². The summed E-state index contributed by atoms with van der Waals surface area (Å²) in [6.45, 7) is 0. The zero-order valence-corrected chi connectivity index (χ0v) is 9.79. The van der Waals surface area contributed by atoms with E-state index in [-0.39, 0.29) is 22.5 Å². The highest BCUT2D eigenvalue weighted by Crippen LogP contribution is 2.17. The van der Waals surface area contributed by atoms with Crippen molar-refractivity contribution in [3.63, 3.8) is 0 Å². The molecule has 0 amide bonds. The number of ketones is 1. The van der Waals surface area contributed by atoms with Gasteiger partial charge >= 0.3 is 0 Å². The Balaban J connectivity index is 2.18. The molecule has 0 saturated carbocycles. The maximum Gasteiger partial charge on any atom is 0.170 e. The lowest BCUT2D eigenvalue weighted by molar-refractivity contribution is 0.0991. The Morgan fingerprint density at radius 3 is 2.94 bits per heavy atom. The van der Waals surface area contributed by atoms with E-state index in [0.29, 0.717) is 11.4 Å². The molecule has 0 radical (unpaired) electrons. The number of hydrogen-bond donors (Lipinski definition) is 1. The smallest absolute Gasteiger partial charge is 0.170 e. The second-order valence-electron chi connectivity index (χ2n) is 3.26. The second kappa shape index (κ2) is 4.57. The highest BCUT2D eigenvalue weighted by Gasteiger charge is 2.10. The van der Waals surface area contributed by atoms with Crippen molar-refractivity contribution in [3.8, 4) is 0 Å². The van der Waals surface area contributed by atoms with Gasteiger partial charge in [-0.1, -0.05) is 0 Å². The van der Waals surface area contributed by atoms with E-state index in [0.717, 1.165) is 0 Å². The highest BCUT2D eigenvalue weighted by atomic mass is 79.9. The largest absolute Gasteiger partial charge is 0.348 e. The molecule has 0 aliphatic rings. The molecule has 0 saturated heterocycles. The summed E-state index contributed by atoms with van der Waals surface area (Å²) in [6.07, 6.45) is 3.43. The number of halogens is 2. The third kappa shape index (κ3) is 2.36. The van der Waals surface area contributed by atoms with Gasteiger partial charge in [0.05, 0.1) is 10.9 Å². The number of benzene rings is 1. The molecular weight excluding hydrogens is 275 g/mol. The van der Waals surface area contributed by atoms with E-state index in [2.05, 4.69) is 25.9 Å². The monoisotopic (exact) mass is 282 g/mol. The molecule has 1 aromatic carbocycles. The second-order valence-corrected chi connectivity index (χ2v) is 4.12. The van der Waals surface area contributed by atoms with Crippen molar-refractivity contribution in [2.45, 2.75) is 6.42 Å². The van der Waals surface area contributed by atoms with Crippen LogP contribution in [-0.4, -0.2) is 15.8 Å². The SMILES string of the molecule is O=C(Cc1ncc[nH]1)c1ccc(F)c(Br)c1. The average Bonchev–Trinajstić information content (AvgIpc) is 2.74. The van der Waals surface area contributed by atoms with Crippen LogP contribution in [0.3, 0.4) is 0 Å². The summed E-state index contributed by atoms with van der Waals surface area (Å²) in [5, 5.41) is 0. The molecule has 1 heterocycles. The number of carbonyl (C=O) groups excluding carboxylic acids is 1. The van der Waals surface area contributed by atoms with Gasteiger partial charge in [-0.05, 0) is 34.1 Å². The number of carbonyl (C=O) groups is 1. The topological polar surface area (TPSA) is 45.8 Å². The van der Waals surface area contributed by atoms with Crippen LogP contribution < -0.4 is 0 Å². The molecule has 1 N–H and O–H groups in total. The molecule has 0 fully saturated rings. The lowest BCUT2D eigenvalue weighted by atomic mass is 10.1. The Bertz CT molecular complexity index is 511. The maximum absolute atomic E-state index is 13.0. The lowest BCUT2D eigenvalue weighted by Gasteiger charge is -2.00. The summed E-state index contributed by atoms with van der Waals surface area (Å²) in [5.74, 6) is 0.121. The van der Waals surface area contributed by atoms with E-state index in [1.807, 2.05) is 0 Å². The Kier molecular flexibility index (Phi) is 3.14. The molecule has 82 valence electrons. The van der Waals surface area contributed by atoms with Gasteiger partial charge in [-0.2, -0.15) is 0 Å². The summed E-state index contributed by atoms with van der Waals surface area (Å²) in [6, 6.07) is 4.20. The number of aromatic nitrogens is 2. The van der Waals surface area contributed by atoms with Gasteiger partial charge in [-0.15, -0.1) is 0 Å². The Morgan fingerprint density at radius 1 is 1.50 bits per heavy atom. The number of hydrogen-bond acceptors (Lipinski definition) is 2. The Morgan fingerprint density at radius 2 is 2.31 bits per heavy atom. The summed E-state index contributed by atoms with van der Waals surface area (Å²) < 4.78 is 13.3. The first-order valence-corrected chi connectivity index (χ1v) is 5.42. The fourth-order valence-corrected chi connectivity index (χ4v) is 1.70. The fraction of sp³-hybridized carbons (Fsp3) is 0.0909. The molecule has 16 heavy (non-hydrogen) atoms. The molecule has 1 aromatic heterocycles. The van der Waals surface area contributed by atoms with Crippen molar-refractivity contribution in [1.29, 1.82) is 0 Å². The van der Waals surface area contributed by atoms with Crippen LogP contribution >= 0.6 is 15.9 Å². The van der Waals surface area contributed by atoms with E-state index in [4.69, 9.17) is 0 Å². The zero-order valence-electron chi connectivity index (χ0n) is 8.21. The minimum Gasteiger partial charge on any atom is -0.348 e. The highest BCUT2D eigenvalue weighted by molar-refractivity contribution is 9.10. The van der Waals surface area contributed by atoms with E-state index < -0.39 is 0 Å². The molecule has 0 aliphatic carbocycles. The quantitative estimate of drug-likeness (QED) is 0.880. The van der Waals surface area contributed by atoms with Crippen LogP contribution in [0.5, 0.6) is 0 Å². The number of rotatable bonds is 3. The molecule has 0 aliphatic heterocycles. The van der Waals surface area contributed by atoms with Gasteiger partial charge in [-0.3, -0.25) is 4.79 Å². The third-order valence-electron chi connectivity index (χ3n) is 2.12. The van der Waals surface area contributed by atoms with Crippen molar-refractivity contribution in [1.82, 2.24) is 9.97 Å². The molecule has 2 aromatic rings. The van der Waals surface area contributed by atoms with E-state index >= 15 is 0 Å². The predicted octanol–water partition coefficient (Wildman–Crippen LogP) is 2.74. The minimum atomic E-state index is -0.380. The van der Waals surface area contributed by atoms with Crippen LogP contribution in [0.25, 0.3) is 0 Å². The predicted molar refractivity (Wildman–Crippen MR) is 60.7 cm³/mol. The van der Waals surface area contributed by atoms with E-state index in [1.54, 1.807) is 12.4 Å². The molecule has 0 unspecified atom stereocenters. The number of H-pyrrole nitrogens is 1. The Labute approximate surface area is 99.8 Å². The van der Waals surface area contributed by atoms with E-state index in [9.17, 15) is 9.18 Å². The normalized spacial score (nSPS) is 10.4. The third-order valence-corrected chi connectivity index (χ3v) is 2.73. The molecule has 3 nitrogen and oxygen atoms in total. The summed E-state index contributed by atoms with van der Waals surface area (Å²) >= 11 is 3.04. The molecular formula is C11H8BrFN2O. The van der Waals surface area contributed by atoms with Crippen LogP contribution in [0.4, 0.5) is 4.39 Å². The van der Waals surface area contributed by atoms with Crippen molar-refractivity contribution in [2.24, 2.45) is 0 Å². The van der Waals surface area contributed by atoms with Gasteiger partial charge in [0.1, 0.15) is 11.6 Å². The maximum atomic E-state index is 13.0. The first-order chi connectivity index (χ1) is 7.66. The van der Waals surface area contributed by atoms with Crippen LogP contribution in [0.1, 0.15) is 16.2 Å². The number of nitrogens with one attached hydrogen (secondary N) is 1. The van der Waals surface area contributed by atoms with Crippen molar-refractivity contribution < 1.29 is 9.18 Å². The van der Waals surface area contributed by atoms with Crippen LogP contribution in [0, 0.1) is 5.82 Å². The van der Waals surface area contributed by atoms with Crippen LogP contribution in [0.15, 0.2) is 35.1 Å². The zero-order chi connectivity index (χ0) is 11.5. The number of Topliss-reactive ketones (excluding diaryl/α,β-unsaturated/α-hetero) is 1. The van der Waals surface area contributed by atoms with E-state index in [1.165, 1.54) is 18.2 Å². The lowest BCUT2D eigenvalue weighted by Crippen LogP contribution is -2.05. The molecule has 2 rings (SSSR count). The molecule has 5 heteroatoms. The van der Waals surface area contributed by atoms with Crippen LogP contribution in [-0.2, 0) is 6.42 Å².